The molecule has 0 bridgehead atoms. The van der Waals surface area contributed by atoms with E-state index in [9.17, 15) is 14.4 Å². The average Bonchev–Trinajstić information content (AvgIpc) is 2.90. The fourth-order valence-electron chi connectivity index (χ4n) is 2.06. The van der Waals surface area contributed by atoms with Crippen LogP contribution in [0, 0.1) is 0 Å². The molecule has 0 fully saturated rings. The maximum Gasteiger partial charge on any atom is 0.335 e. The van der Waals surface area contributed by atoms with E-state index in [1.54, 1.807) is 0 Å². The van der Waals surface area contributed by atoms with Crippen LogP contribution in [-0.4, -0.2) is 43.4 Å². The molecule has 1 aromatic carbocycles. The van der Waals surface area contributed by atoms with Gasteiger partial charge in [-0.3, -0.25) is 4.79 Å². The number of aromatic nitrogens is 3. The SMILES string of the molecule is CCCc1c(C=O)nnn1-c1cc(C(=O)O)cc(C(=O)O)c1. The Kier molecular flexibility index (Phi) is 4.31. The highest BCUT2D eigenvalue weighted by Crippen LogP contribution is 2.18. The molecule has 2 aromatic rings. The summed E-state index contributed by atoms with van der Waals surface area (Å²) in [5, 5.41) is 25.7. The molecule has 0 unspecified atom stereocenters. The zero-order valence-electron chi connectivity index (χ0n) is 11.7. The zero-order valence-corrected chi connectivity index (χ0v) is 11.7. The Bertz CT molecular complexity index is 719. The van der Waals surface area contributed by atoms with Crippen LogP contribution in [-0.2, 0) is 6.42 Å². The Balaban J connectivity index is 2.66. The molecule has 1 aromatic heterocycles. The van der Waals surface area contributed by atoms with Gasteiger partial charge < -0.3 is 10.2 Å². The predicted octanol–water partition coefficient (Wildman–Crippen LogP) is 1.43. The van der Waals surface area contributed by atoms with Crippen LogP contribution in [0.1, 0.15) is 50.2 Å². The van der Waals surface area contributed by atoms with Gasteiger partial charge in [0.1, 0.15) is 5.69 Å². The summed E-state index contributed by atoms with van der Waals surface area (Å²) < 4.78 is 1.30. The average molecular weight is 303 g/mol. The minimum Gasteiger partial charge on any atom is -0.478 e. The molecule has 114 valence electrons. The van der Waals surface area contributed by atoms with Crippen molar-refractivity contribution in [2.45, 2.75) is 19.8 Å². The number of carbonyl (C=O) groups excluding carboxylic acids is 1. The summed E-state index contributed by atoms with van der Waals surface area (Å²) in [5.41, 5.74) is 0.540. The Morgan fingerprint density at radius 3 is 2.23 bits per heavy atom. The van der Waals surface area contributed by atoms with Crippen molar-refractivity contribution >= 4 is 18.2 Å². The van der Waals surface area contributed by atoms with Gasteiger partial charge in [0.05, 0.1) is 22.5 Å². The maximum atomic E-state index is 11.1. The van der Waals surface area contributed by atoms with Crippen molar-refractivity contribution in [1.82, 2.24) is 15.0 Å². The van der Waals surface area contributed by atoms with Crippen LogP contribution >= 0.6 is 0 Å². The second-order valence-electron chi connectivity index (χ2n) is 4.58. The molecular formula is C14H13N3O5. The van der Waals surface area contributed by atoms with Crippen LogP contribution in [0.2, 0.25) is 0 Å². The van der Waals surface area contributed by atoms with Gasteiger partial charge in [-0.15, -0.1) is 5.10 Å². The number of hydrogen-bond acceptors (Lipinski definition) is 5. The highest BCUT2D eigenvalue weighted by Gasteiger charge is 2.17. The van der Waals surface area contributed by atoms with Crippen LogP contribution in [0.15, 0.2) is 18.2 Å². The van der Waals surface area contributed by atoms with E-state index in [1.165, 1.54) is 16.8 Å². The van der Waals surface area contributed by atoms with Crippen molar-refractivity contribution in [2.75, 3.05) is 0 Å². The molecule has 0 saturated carbocycles. The number of aromatic carboxylic acids is 2. The van der Waals surface area contributed by atoms with E-state index in [4.69, 9.17) is 10.2 Å². The lowest BCUT2D eigenvalue weighted by molar-refractivity contribution is 0.0696. The highest BCUT2D eigenvalue weighted by molar-refractivity contribution is 5.94. The van der Waals surface area contributed by atoms with Gasteiger partial charge in [0, 0.05) is 0 Å². The third-order valence-corrected chi connectivity index (χ3v) is 3.05. The quantitative estimate of drug-likeness (QED) is 0.774. The van der Waals surface area contributed by atoms with E-state index in [1.807, 2.05) is 6.92 Å². The number of carbonyl (C=O) groups is 3. The second-order valence-corrected chi connectivity index (χ2v) is 4.58. The summed E-state index contributed by atoms with van der Waals surface area (Å²) in [6.45, 7) is 1.91. The minimum atomic E-state index is -1.25. The molecule has 1 heterocycles. The fourth-order valence-corrected chi connectivity index (χ4v) is 2.06. The van der Waals surface area contributed by atoms with Gasteiger partial charge in [0.25, 0.3) is 0 Å². The Hall–Kier alpha value is -3.03. The largest absolute Gasteiger partial charge is 0.478 e. The number of aldehydes is 1. The first-order chi connectivity index (χ1) is 10.5. The number of hydrogen-bond donors (Lipinski definition) is 2. The zero-order chi connectivity index (χ0) is 16.3. The first-order valence-corrected chi connectivity index (χ1v) is 6.49. The monoisotopic (exact) mass is 303 g/mol. The van der Waals surface area contributed by atoms with Crippen molar-refractivity contribution in [1.29, 1.82) is 0 Å². The summed E-state index contributed by atoms with van der Waals surface area (Å²) in [7, 11) is 0. The Morgan fingerprint density at radius 2 is 1.77 bits per heavy atom. The lowest BCUT2D eigenvalue weighted by atomic mass is 10.1. The van der Waals surface area contributed by atoms with E-state index in [2.05, 4.69) is 10.3 Å². The molecular weight excluding hydrogens is 290 g/mol. The van der Waals surface area contributed by atoms with E-state index >= 15 is 0 Å². The third kappa shape index (κ3) is 2.85. The molecule has 22 heavy (non-hydrogen) atoms. The van der Waals surface area contributed by atoms with Gasteiger partial charge in [-0.05, 0) is 24.6 Å². The van der Waals surface area contributed by atoms with Gasteiger partial charge in [-0.2, -0.15) is 0 Å². The lowest BCUT2D eigenvalue weighted by Crippen LogP contribution is -2.09. The van der Waals surface area contributed by atoms with Gasteiger partial charge in [-0.25, -0.2) is 14.3 Å². The van der Waals surface area contributed by atoms with Crippen LogP contribution < -0.4 is 0 Å². The third-order valence-electron chi connectivity index (χ3n) is 3.05. The first-order valence-electron chi connectivity index (χ1n) is 6.49. The summed E-state index contributed by atoms with van der Waals surface area (Å²) in [4.78, 5) is 33.3. The summed E-state index contributed by atoms with van der Waals surface area (Å²) >= 11 is 0. The molecule has 0 amide bonds. The molecule has 0 saturated heterocycles. The van der Waals surface area contributed by atoms with E-state index in [-0.39, 0.29) is 22.5 Å². The number of rotatable bonds is 6. The molecule has 0 aliphatic rings. The van der Waals surface area contributed by atoms with Crippen molar-refractivity contribution in [3.63, 3.8) is 0 Å². The predicted molar refractivity (Wildman–Crippen MR) is 74.7 cm³/mol. The van der Waals surface area contributed by atoms with Crippen molar-refractivity contribution in [3.8, 4) is 5.69 Å². The maximum absolute atomic E-state index is 11.1. The number of carboxylic acids is 2. The molecule has 0 radical (unpaired) electrons. The molecule has 0 atom stereocenters. The standard InChI is InChI=1S/C14H13N3O5/c1-2-3-12-11(7-18)15-16-17(12)10-5-8(13(19)20)4-9(6-10)14(21)22/h4-7H,2-3H2,1H3,(H,19,20)(H,21,22). The molecule has 0 aliphatic heterocycles. The molecule has 2 N–H and O–H groups in total. The van der Waals surface area contributed by atoms with Gasteiger partial charge in [0.15, 0.2) is 6.29 Å². The van der Waals surface area contributed by atoms with Gasteiger partial charge in [-0.1, -0.05) is 18.6 Å². The van der Waals surface area contributed by atoms with E-state index in [0.717, 1.165) is 12.5 Å². The Labute approximate surface area is 125 Å². The molecule has 8 nitrogen and oxygen atoms in total. The van der Waals surface area contributed by atoms with Crippen LogP contribution in [0.25, 0.3) is 5.69 Å². The Morgan fingerprint density at radius 1 is 1.18 bits per heavy atom. The van der Waals surface area contributed by atoms with Crippen molar-refractivity contribution < 1.29 is 24.6 Å². The molecule has 8 heteroatoms. The second kappa shape index (κ2) is 6.17. The van der Waals surface area contributed by atoms with Gasteiger partial charge >= 0.3 is 11.9 Å². The first kappa shape index (κ1) is 15.4. The smallest absolute Gasteiger partial charge is 0.335 e. The summed E-state index contributed by atoms with van der Waals surface area (Å²) in [5.74, 6) is -2.51. The van der Waals surface area contributed by atoms with E-state index in [0.29, 0.717) is 18.4 Å². The van der Waals surface area contributed by atoms with Gasteiger partial charge in [0.2, 0.25) is 0 Å². The highest BCUT2D eigenvalue weighted by atomic mass is 16.4. The normalized spacial score (nSPS) is 10.4. The topological polar surface area (TPSA) is 122 Å². The van der Waals surface area contributed by atoms with Crippen LogP contribution in [0.5, 0.6) is 0 Å². The molecule has 0 spiro atoms. The number of carboxylic acid groups (broad SMARTS) is 2. The number of benzene rings is 1. The van der Waals surface area contributed by atoms with Crippen LogP contribution in [0.3, 0.4) is 0 Å². The molecule has 0 aliphatic carbocycles. The van der Waals surface area contributed by atoms with Crippen molar-refractivity contribution in [2.24, 2.45) is 0 Å². The molecule has 2 rings (SSSR count). The van der Waals surface area contributed by atoms with E-state index < -0.39 is 11.9 Å². The lowest BCUT2D eigenvalue weighted by Gasteiger charge is -2.08. The minimum absolute atomic E-state index is 0.152. The number of nitrogens with zero attached hydrogens (tertiary/aromatic N) is 3. The van der Waals surface area contributed by atoms with Crippen LogP contribution in [0.4, 0.5) is 0 Å². The van der Waals surface area contributed by atoms with Crippen molar-refractivity contribution in [3.05, 3.63) is 40.7 Å². The fraction of sp³-hybridized carbons (Fsp3) is 0.214. The summed E-state index contributed by atoms with van der Waals surface area (Å²) in [6.07, 6.45) is 1.78. The summed E-state index contributed by atoms with van der Waals surface area (Å²) in [6, 6.07) is 3.64.